The highest BCUT2D eigenvalue weighted by Gasteiger charge is 2.16. The quantitative estimate of drug-likeness (QED) is 0.416. The first-order valence-corrected chi connectivity index (χ1v) is 6.86. The molecule has 0 bridgehead atoms. The number of rotatable bonds is 3. The van der Waals surface area contributed by atoms with Gasteiger partial charge in [0.15, 0.2) is 11.6 Å². The molecule has 0 saturated heterocycles. The molecule has 0 atom stereocenters. The number of benzene rings is 1. The second-order valence-electron chi connectivity index (χ2n) is 3.74. The zero-order chi connectivity index (χ0) is 14.7. The number of pyridine rings is 1. The highest BCUT2D eigenvalue weighted by atomic mass is 127. The van der Waals surface area contributed by atoms with Crippen molar-refractivity contribution in [3.8, 4) is 0 Å². The number of amides is 1. The number of nitrogens with zero attached hydrogens (tertiary/aromatic N) is 1. The molecule has 5 nitrogen and oxygen atoms in total. The Hall–Kier alpha value is -1.45. The summed E-state index contributed by atoms with van der Waals surface area (Å²) < 4.78 is 14.8. The van der Waals surface area contributed by atoms with Gasteiger partial charge in [-0.05, 0) is 46.9 Å². The molecule has 0 spiro atoms. The number of anilines is 2. The highest BCUT2D eigenvalue weighted by molar-refractivity contribution is 14.1. The molecule has 1 amide bonds. The summed E-state index contributed by atoms with van der Waals surface area (Å²) in [6.45, 7) is 0. The van der Waals surface area contributed by atoms with Crippen LogP contribution in [0.25, 0.3) is 0 Å². The number of nitrogen functional groups attached to an aromatic ring is 1. The smallest absolute Gasteiger partial charge is 0.258 e. The average Bonchev–Trinajstić information content (AvgIpc) is 2.43. The summed E-state index contributed by atoms with van der Waals surface area (Å²) in [6.07, 6.45) is 1.28. The third-order valence-electron chi connectivity index (χ3n) is 2.45. The lowest BCUT2D eigenvalue weighted by Crippen LogP contribution is -2.17. The Morgan fingerprint density at radius 1 is 1.40 bits per heavy atom. The molecule has 1 aromatic heterocycles. The molecule has 4 N–H and O–H groups in total. The van der Waals surface area contributed by atoms with E-state index in [0.717, 1.165) is 3.57 Å². The Balaban J connectivity index is 2.31. The zero-order valence-corrected chi connectivity index (χ0v) is 12.9. The van der Waals surface area contributed by atoms with E-state index in [1.165, 1.54) is 12.3 Å². The molecule has 2 rings (SSSR count). The van der Waals surface area contributed by atoms with Gasteiger partial charge in [-0.25, -0.2) is 15.2 Å². The van der Waals surface area contributed by atoms with Gasteiger partial charge in [-0.1, -0.05) is 11.6 Å². The van der Waals surface area contributed by atoms with Gasteiger partial charge < -0.3 is 10.7 Å². The number of hydrogen-bond acceptors (Lipinski definition) is 4. The molecule has 1 aromatic carbocycles. The van der Waals surface area contributed by atoms with E-state index in [9.17, 15) is 9.18 Å². The van der Waals surface area contributed by atoms with Crippen molar-refractivity contribution in [3.05, 3.63) is 50.4 Å². The minimum Gasteiger partial charge on any atom is -0.321 e. The van der Waals surface area contributed by atoms with E-state index in [4.69, 9.17) is 17.4 Å². The molecular weight excluding hydrogens is 398 g/mol. The number of carbonyl (C=O) groups is 1. The summed E-state index contributed by atoms with van der Waals surface area (Å²) in [5.74, 6) is 3.45. The first-order chi connectivity index (χ1) is 9.52. The van der Waals surface area contributed by atoms with Crippen molar-refractivity contribution >= 4 is 51.6 Å². The highest BCUT2D eigenvalue weighted by Crippen LogP contribution is 2.25. The van der Waals surface area contributed by atoms with Gasteiger partial charge in [-0.3, -0.25) is 4.79 Å². The summed E-state index contributed by atoms with van der Waals surface area (Å²) in [4.78, 5) is 15.7. The van der Waals surface area contributed by atoms with Gasteiger partial charge in [-0.15, -0.1) is 0 Å². The minimum atomic E-state index is -0.825. The van der Waals surface area contributed by atoms with Crippen LogP contribution < -0.4 is 16.6 Å². The van der Waals surface area contributed by atoms with E-state index in [0.29, 0.717) is 10.7 Å². The van der Waals surface area contributed by atoms with E-state index >= 15 is 0 Å². The van der Waals surface area contributed by atoms with Gasteiger partial charge in [0.25, 0.3) is 5.91 Å². The second kappa shape index (κ2) is 6.33. The van der Waals surface area contributed by atoms with Gasteiger partial charge >= 0.3 is 0 Å². The first kappa shape index (κ1) is 14.9. The number of aromatic nitrogens is 1. The summed E-state index contributed by atoms with van der Waals surface area (Å²) in [6, 6.07) is 6.38. The predicted octanol–water partition coefficient (Wildman–Crippen LogP) is 3.02. The van der Waals surface area contributed by atoms with Crippen LogP contribution in [0.15, 0.2) is 30.5 Å². The molecule has 0 saturated carbocycles. The van der Waals surface area contributed by atoms with Crippen molar-refractivity contribution in [3.63, 3.8) is 0 Å². The van der Waals surface area contributed by atoms with Crippen LogP contribution in [0.3, 0.4) is 0 Å². The topological polar surface area (TPSA) is 80.0 Å². The Labute approximate surface area is 132 Å². The largest absolute Gasteiger partial charge is 0.321 e. The second-order valence-corrected chi connectivity index (χ2v) is 5.40. The third kappa shape index (κ3) is 3.17. The average molecular weight is 407 g/mol. The Morgan fingerprint density at radius 2 is 2.15 bits per heavy atom. The summed E-state index contributed by atoms with van der Waals surface area (Å²) in [5.41, 5.74) is 2.31. The van der Waals surface area contributed by atoms with Crippen LogP contribution in [0.2, 0.25) is 5.02 Å². The van der Waals surface area contributed by atoms with Crippen LogP contribution in [-0.2, 0) is 0 Å². The maximum atomic E-state index is 13.9. The third-order valence-corrected chi connectivity index (χ3v) is 3.45. The van der Waals surface area contributed by atoms with Crippen LogP contribution in [0.5, 0.6) is 0 Å². The van der Waals surface area contributed by atoms with Crippen LogP contribution >= 0.6 is 34.2 Å². The van der Waals surface area contributed by atoms with Gasteiger partial charge in [0, 0.05) is 9.77 Å². The molecular formula is C12H9ClFIN4O. The molecule has 2 aromatic rings. The van der Waals surface area contributed by atoms with Crippen LogP contribution in [0.1, 0.15) is 10.4 Å². The molecule has 104 valence electrons. The lowest BCUT2D eigenvalue weighted by atomic mass is 10.2. The lowest BCUT2D eigenvalue weighted by Gasteiger charge is -2.09. The summed E-state index contributed by atoms with van der Waals surface area (Å²) in [7, 11) is 0. The number of hydrogen-bond donors (Lipinski definition) is 3. The Morgan fingerprint density at radius 3 is 2.85 bits per heavy atom. The monoisotopic (exact) mass is 406 g/mol. The van der Waals surface area contributed by atoms with E-state index < -0.39 is 11.7 Å². The number of nitrogens with two attached hydrogens (primary N) is 1. The van der Waals surface area contributed by atoms with E-state index in [1.807, 2.05) is 0 Å². The molecule has 20 heavy (non-hydrogen) atoms. The summed E-state index contributed by atoms with van der Waals surface area (Å²) in [5, 5.41) is 2.91. The number of hydrazine groups is 1. The first-order valence-electron chi connectivity index (χ1n) is 5.40. The fraction of sp³-hybridized carbons (Fsp3) is 0. The van der Waals surface area contributed by atoms with Gasteiger partial charge in [0.1, 0.15) is 0 Å². The number of halogens is 3. The molecule has 1 heterocycles. The molecule has 0 aliphatic heterocycles. The van der Waals surface area contributed by atoms with Crippen molar-refractivity contribution in [1.82, 2.24) is 4.98 Å². The van der Waals surface area contributed by atoms with Crippen molar-refractivity contribution in [2.75, 3.05) is 10.7 Å². The lowest BCUT2D eigenvalue weighted by molar-refractivity contribution is 0.102. The molecule has 0 radical (unpaired) electrons. The van der Waals surface area contributed by atoms with Gasteiger partial charge in [0.05, 0.1) is 16.3 Å². The normalized spacial score (nSPS) is 10.2. The molecule has 0 unspecified atom stereocenters. The van der Waals surface area contributed by atoms with E-state index in [-0.39, 0.29) is 11.4 Å². The van der Waals surface area contributed by atoms with Crippen LogP contribution in [0, 0.1) is 9.39 Å². The fourth-order valence-corrected chi connectivity index (χ4v) is 2.16. The standard InChI is InChI=1S/C12H9ClFIN4O/c13-8-2-1-6(15)5-9(8)18-12(20)7-3-4-17-11(19-16)10(7)14/h1-5H,16H2,(H,17,19)(H,18,20). The maximum Gasteiger partial charge on any atom is 0.258 e. The Kier molecular flexibility index (Phi) is 4.73. The zero-order valence-electron chi connectivity index (χ0n) is 9.95. The van der Waals surface area contributed by atoms with Crippen LogP contribution in [0.4, 0.5) is 15.9 Å². The molecule has 8 heteroatoms. The van der Waals surface area contributed by atoms with Gasteiger partial charge in [0.2, 0.25) is 0 Å². The minimum absolute atomic E-state index is 0.178. The SMILES string of the molecule is NNc1nccc(C(=O)Nc2cc(I)ccc2Cl)c1F. The maximum absolute atomic E-state index is 13.9. The van der Waals surface area contributed by atoms with E-state index in [2.05, 4.69) is 38.3 Å². The molecule has 0 aliphatic carbocycles. The van der Waals surface area contributed by atoms with Crippen molar-refractivity contribution in [2.45, 2.75) is 0 Å². The predicted molar refractivity (Wildman–Crippen MR) is 84.1 cm³/mol. The Bertz CT molecular complexity index is 668. The molecule has 0 fully saturated rings. The van der Waals surface area contributed by atoms with Gasteiger partial charge in [-0.2, -0.15) is 0 Å². The van der Waals surface area contributed by atoms with Crippen molar-refractivity contribution < 1.29 is 9.18 Å². The number of carbonyl (C=O) groups excluding carboxylic acids is 1. The number of nitrogens with one attached hydrogen (secondary N) is 2. The van der Waals surface area contributed by atoms with Crippen LogP contribution in [-0.4, -0.2) is 10.9 Å². The van der Waals surface area contributed by atoms with Crippen molar-refractivity contribution in [1.29, 1.82) is 0 Å². The van der Waals surface area contributed by atoms with Crippen molar-refractivity contribution in [2.24, 2.45) is 5.84 Å². The summed E-state index contributed by atoms with van der Waals surface area (Å²) >= 11 is 8.05. The van der Waals surface area contributed by atoms with E-state index in [1.54, 1.807) is 18.2 Å². The molecule has 0 aliphatic rings. The fourth-order valence-electron chi connectivity index (χ4n) is 1.50.